The van der Waals surface area contributed by atoms with Crippen LogP contribution in [0, 0.1) is 0 Å². The van der Waals surface area contributed by atoms with Crippen LogP contribution in [0.25, 0.3) is 0 Å². The molecule has 0 bridgehead atoms. The Labute approximate surface area is 131 Å². The van der Waals surface area contributed by atoms with Gasteiger partial charge in [0, 0.05) is 17.1 Å². The van der Waals surface area contributed by atoms with Crippen molar-refractivity contribution in [2.45, 2.75) is 25.8 Å². The summed E-state index contributed by atoms with van der Waals surface area (Å²) in [4.78, 5) is 4.98. The van der Waals surface area contributed by atoms with E-state index in [0.29, 0.717) is 6.04 Å². The first-order valence-electron chi connectivity index (χ1n) is 7.50. The number of piperidine rings is 1. The van der Waals surface area contributed by atoms with E-state index < -0.39 is 0 Å². The monoisotopic (exact) mass is 340 g/mol. The molecule has 0 N–H and O–H groups in total. The first-order valence-corrected chi connectivity index (χ1v) is 8.29. The molecule has 3 nitrogen and oxygen atoms in total. The first kappa shape index (κ1) is 15.8. The predicted octanol–water partition coefficient (Wildman–Crippen LogP) is 3.24. The molecule has 1 fully saturated rings. The third-order valence-corrected chi connectivity index (χ3v) is 4.63. The van der Waals surface area contributed by atoms with Crippen molar-refractivity contribution >= 4 is 15.9 Å². The number of likely N-dealkylation sites (N-methyl/N-ethyl adjacent to an activating group) is 1. The number of hydrogen-bond acceptors (Lipinski definition) is 3. The lowest BCUT2D eigenvalue weighted by atomic mass is 10.0. The number of nitrogens with zero attached hydrogens (tertiary/aromatic N) is 2. The lowest BCUT2D eigenvalue weighted by Crippen LogP contribution is -2.44. The summed E-state index contributed by atoms with van der Waals surface area (Å²) in [5.74, 6) is 0.938. The van der Waals surface area contributed by atoms with Crippen molar-refractivity contribution in [2.75, 3.05) is 39.8 Å². The average molecular weight is 341 g/mol. The van der Waals surface area contributed by atoms with E-state index >= 15 is 0 Å². The Morgan fingerprint density at radius 2 is 2.10 bits per heavy atom. The van der Waals surface area contributed by atoms with E-state index in [0.717, 1.165) is 23.4 Å². The number of halogens is 1. The highest BCUT2D eigenvalue weighted by atomic mass is 79.9. The van der Waals surface area contributed by atoms with Gasteiger partial charge in [0.15, 0.2) is 0 Å². The highest BCUT2D eigenvalue weighted by molar-refractivity contribution is 9.10. The quantitative estimate of drug-likeness (QED) is 0.790. The molecule has 1 saturated heterocycles. The van der Waals surface area contributed by atoms with Gasteiger partial charge in [-0.25, -0.2) is 0 Å². The summed E-state index contributed by atoms with van der Waals surface area (Å²) in [7, 11) is 2.22. The molecule has 0 radical (unpaired) electrons. The van der Waals surface area contributed by atoms with Crippen molar-refractivity contribution < 1.29 is 4.74 Å². The van der Waals surface area contributed by atoms with Gasteiger partial charge in [-0.2, -0.15) is 0 Å². The number of likely N-dealkylation sites (tertiary alicyclic amines) is 1. The normalized spacial score (nSPS) is 17.6. The summed E-state index contributed by atoms with van der Waals surface area (Å²) in [5, 5.41) is 0. The van der Waals surface area contributed by atoms with Gasteiger partial charge >= 0.3 is 0 Å². The van der Waals surface area contributed by atoms with Crippen LogP contribution in [0.4, 0.5) is 0 Å². The highest BCUT2D eigenvalue weighted by Gasteiger charge is 2.21. The Balaban J connectivity index is 1.69. The standard InChI is InChI=1S/C16H25BrN2O/c1-3-19-9-7-15(8-10-19)18(2)11-12-20-16-6-4-5-14(17)13-16/h4-6,13,15H,3,7-12H2,1-2H3. The van der Waals surface area contributed by atoms with Crippen LogP contribution in [0.5, 0.6) is 5.75 Å². The fraction of sp³-hybridized carbons (Fsp3) is 0.625. The van der Waals surface area contributed by atoms with Crippen LogP contribution in [0.15, 0.2) is 28.7 Å². The molecule has 0 amide bonds. The Morgan fingerprint density at radius 3 is 2.75 bits per heavy atom. The molecule has 0 spiro atoms. The SMILES string of the molecule is CCN1CCC(N(C)CCOc2cccc(Br)c2)CC1. The first-order chi connectivity index (χ1) is 9.69. The lowest BCUT2D eigenvalue weighted by molar-refractivity contribution is 0.118. The van der Waals surface area contributed by atoms with Crippen LogP contribution < -0.4 is 4.74 Å². The van der Waals surface area contributed by atoms with Crippen molar-refractivity contribution in [3.8, 4) is 5.75 Å². The molecule has 0 saturated carbocycles. The molecule has 112 valence electrons. The van der Waals surface area contributed by atoms with Crippen molar-refractivity contribution in [3.63, 3.8) is 0 Å². The second kappa shape index (κ2) is 8.01. The van der Waals surface area contributed by atoms with Gasteiger partial charge in [-0.3, -0.25) is 4.90 Å². The van der Waals surface area contributed by atoms with Crippen LogP contribution in [-0.4, -0.2) is 55.7 Å². The Bertz CT molecular complexity index is 405. The smallest absolute Gasteiger partial charge is 0.120 e. The molecular formula is C16H25BrN2O. The van der Waals surface area contributed by atoms with Gasteiger partial charge in [-0.05, 0) is 57.7 Å². The van der Waals surface area contributed by atoms with Crippen LogP contribution in [-0.2, 0) is 0 Å². The van der Waals surface area contributed by atoms with Gasteiger partial charge in [0.1, 0.15) is 12.4 Å². The molecule has 0 aliphatic carbocycles. The minimum Gasteiger partial charge on any atom is -0.492 e. The third-order valence-electron chi connectivity index (χ3n) is 4.14. The largest absolute Gasteiger partial charge is 0.492 e. The molecule has 1 heterocycles. The second-order valence-corrected chi connectivity index (χ2v) is 6.37. The summed E-state index contributed by atoms with van der Waals surface area (Å²) >= 11 is 3.46. The number of hydrogen-bond donors (Lipinski definition) is 0. The van der Waals surface area contributed by atoms with Crippen molar-refractivity contribution in [1.82, 2.24) is 9.80 Å². The molecule has 0 unspecified atom stereocenters. The minimum absolute atomic E-state index is 0.712. The van der Waals surface area contributed by atoms with Crippen molar-refractivity contribution in [1.29, 1.82) is 0 Å². The highest BCUT2D eigenvalue weighted by Crippen LogP contribution is 2.18. The fourth-order valence-corrected chi connectivity index (χ4v) is 3.10. The van der Waals surface area contributed by atoms with E-state index in [2.05, 4.69) is 39.7 Å². The van der Waals surface area contributed by atoms with Crippen LogP contribution >= 0.6 is 15.9 Å². The number of ether oxygens (including phenoxy) is 1. The van der Waals surface area contributed by atoms with Crippen LogP contribution in [0.3, 0.4) is 0 Å². The Kier molecular flexibility index (Phi) is 6.33. The van der Waals surface area contributed by atoms with Gasteiger partial charge < -0.3 is 9.64 Å². The van der Waals surface area contributed by atoms with Crippen LogP contribution in [0.1, 0.15) is 19.8 Å². The summed E-state index contributed by atoms with van der Waals surface area (Å²) in [6, 6.07) is 8.75. The molecular weight excluding hydrogens is 316 g/mol. The average Bonchev–Trinajstić information content (AvgIpc) is 2.47. The molecule has 0 atom stereocenters. The second-order valence-electron chi connectivity index (χ2n) is 5.45. The molecule has 4 heteroatoms. The molecule has 1 aliphatic heterocycles. The predicted molar refractivity (Wildman–Crippen MR) is 87.4 cm³/mol. The molecule has 1 aromatic carbocycles. The number of benzene rings is 1. The maximum absolute atomic E-state index is 5.81. The third kappa shape index (κ3) is 4.76. The zero-order chi connectivity index (χ0) is 14.4. The van der Waals surface area contributed by atoms with Gasteiger partial charge in [0.25, 0.3) is 0 Å². The van der Waals surface area contributed by atoms with Crippen molar-refractivity contribution in [2.24, 2.45) is 0 Å². The summed E-state index contributed by atoms with van der Waals surface area (Å²) in [6.07, 6.45) is 2.56. The molecule has 1 aliphatic rings. The maximum atomic E-state index is 5.81. The summed E-state index contributed by atoms with van der Waals surface area (Å²) in [6.45, 7) is 7.64. The topological polar surface area (TPSA) is 15.7 Å². The molecule has 20 heavy (non-hydrogen) atoms. The molecule has 2 rings (SSSR count). The van der Waals surface area contributed by atoms with E-state index in [1.54, 1.807) is 0 Å². The van der Waals surface area contributed by atoms with E-state index in [9.17, 15) is 0 Å². The van der Waals surface area contributed by atoms with Gasteiger partial charge in [-0.15, -0.1) is 0 Å². The van der Waals surface area contributed by atoms with Crippen molar-refractivity contribution in [3.05, 3.63) is 28.7 Å². The molecule has 1 aromatic rings. The lowest BCUT2D eigenvalue weighted by Gasteiger charge is -2.36. The Hall–Kier alpha value is -0.580. The van der Waals surface area contributed by atoms with Gasteiger partial charge in [-0.1, -0.05) is 28.9 Å². The summed E-state index contributed by atoms with van der Waals surface area (Å²) < 4.78 is 6.87. The fourth-order valence-electron chi connectivity index (χ4n) is 2.72. The zero-order valence-electron chi connectivity index (χ0n) is 12.5. The van der Waals surface area contributed by atoms with E-state index in [4.69, 9.17) is 4.74 Å². The number of rotatable bonds is 6. The van der Waals surface area contributed by atoms with Gasteiger partial charge in [0.05, 0.1) is 0 Å². The Morgan fingerprint density at radius 1 is 1.35 bits per heavy atom. The summed E-state index contributed by atoms with van der Waals surface area (Å²) in [5.41, 5.74) is 0. The van der Waals surface area contributed by atoms with E-state index in [-0.39, 0.29) is 0 Å². The maximum Gasteiger partial charge on any atom is 0.120 e. The van der Waals surface area contributed by atoms with Gasteiger partial charge in [0.2, 0.25) is 0 Å². The van der Waals surface area contributed by atoms with E-state index in [1.165, 1.54) is 32.5 Å². The zero-order valence-corrected chi connectivity index (χ0v) is 14.1. The minimum atomic E-state index is 0.712. The molecule has 0 aromatic heterocycles. The van der Waals surface area contributed by atoms with Crippen LogP contribution in [0.2, 0.25) is 0 Å². The van der Waals surface area contributed by atoms with E-state index in [1.807, 2.05) is 24.3 Å².